The number of carbonyl (C=O) groups is 2. The molecule has 0 unspecified atom stereocenters. The van der Waals surface area contributed by atoms with E-state index in [9.17, 15) is 27.2 Å². The molecule has 2 heterocycles. The molecule has 1 N–H and O–H groups in total. The number of nitrogens with zero attached hydrogens (tertiary/aromatic N) is 1. The Labute approximate surface area is 128 Å². The maximum atomic E-state index is 13.3. The lowest BCUT2D eigenvalue weighted by molar-refractivity contribution is -0.324. The normalized spacial score (nSPS) is 23.6. The molecule has 0 aliphatic carbocycles. The summed E-state index contributed by atoms with van der Waals surface area (Å²) in [5.41, 5.74) is -0.891. The predicted molar refractivity (Wildman–Crippen MR) is 68.7 cm³/mol. The van der Waals surface area contributed by atoms with Crippen molar-refractivity contribution < 1.29 is 31.9 Å². The zero-order valence-corrected chi connectivity index (χ0v) is 11.7. The molecule has 0 bridgehead atoms. The second-order valence-electron chi connectivity index (χ2n) is 5.39. The number of nitrogens with one attached hydrogen (secondary N) is 1. The lowest BCUT2D eigenvalue weighted by Crippen LogP contribution is -2.47. The van der Waals surface area contributed by atoms with Gasteiger partial charge < -0.3 is 10.2 Å². The molecule has 2 aliphatic rings. The van der Waals surface area contributed by atoms with Gasteiger partial charge in [-0.15, -0.1) is 13.2 Å². The second kappa shape index (κ2) is 5.19. The molecule has 0 radical (unpaired) electrons. The van der Waals surface area contributed by atoms with Crippen molar-refractivity contribution in [1.82, 2.24) is 10.2 Å². The van der Waals surface area contributed by atoms with Gasteiger partial charge in [0.1, 0.15) is 11.4 Å². The van der Waals surface area contributed by atoms with Crippen LogP contribution in [-0.4, -0.2) is 42.8 Å². The summed E-state index contributed by atoms with van der Waals surface area (Å²) in [7, 11) is 0. The van der Waals surface area contributed by atoms with E-state index >= 15 is 0 Å². The zero-order valence-electron chi connectivity index (χ0n) is 11.7. The van der Waals surface area contributed by atoms with Gasteiger partial charge >= 0.3 is 6.36 Å². The molecule has 1 atom stereocenters. The summed E-state index contributed by atoms with van der Waals surface area (Å²) in [6, 6.07) is 3.54. The summed E-state index contributed by atoms with van der Waals surface area (Å²) >= 11 is 0. The number of carbonyl (C=O) groups excluding carboxylic acids is 2. The first kappa shape index (κ1) is 15.7. The third kappa shape index (κ3) is 2.65. The Hall–Kier alpha value is -2.16. The van der Waals surface area contributed by atoms with Crippen LogP contribution < -0.4 is 5.32 Å². The van der Waals surface area contributed by atoms with Crippen molar-refractivity contribution in [2.24, 2.45) is 0 Å². The van der Waals surface area contributed by atoms with Crippen LogP contribution in [0.25, 0.3) is 0 Å². The number of rotatable bonds is 3. The lowest BCUT2D eigenvalue weighted by Gasteiger charge is -2.24. The fourth-order valence-corrected chi connectivity index (χ4v) is 3.04. The number of alkyl halides is 3. The van der Waals surface area contributed by atoms with Crippen molar-refractivity contribution in [3.8, 4) is 0 Å². The minimum absolute atomic E-state index is 0.0757. The van der Waals surface area contributed by atoms with Gasteiger partial charge in [0.05, 0.1) is 6.61 Å². The van der Waals surface area contributed by atoms with Crippen molar-refractivity contribution >= 4 is 11.8 Å². The molecule has 1 aromatic carbocycles. The second-order valence-corrected chi connectivity index (χ2v) is 5.39. The van der Waals surface area contributed by atoms with Gasteiger partial charge in [-0.3, -0.25) is 14.3 Å². The number of halogens is 4. The van der Waals surface area contributed by atoms with Crippen LogP contribution in [0.3, 0.4) is 0 Å². The first-order valence-electron chi connectivity index (χ1n) is 6.85. The maximum Gasteiger partial charge on any atom is 0.522 e. The summed E-state index contributed by atoms with van der Waals surface area (Å²) in [6.45, 7) is -0.751. The van der Waals surface area contributed by atoms with Gasteiger partial charge in [0.15, 0.2) is 0 Å². The molecule has 9 heteroatoms. The SMILES string of the molecule is O=C1N[C@@]2(CCN(CCOC(F)(F)F)C2=O)c2ccc(F)cc21. The van der Waals surface area contributed by atoms with Crippen LogP contribution in [0, 0.1) is 5.82 Å². The Balaban J connectivity index is 1.79. The molecule has 2 aliphatic heterocycles. The highest BCUT2D eigenvalue weighted by atomic mass is 19.4. The monoisotopic (exact) mass is 332 g/mol. The van der Waals surface area contributed by atoms with Crippen molar-refractivity contribution in [2.75, 3.05) is 19.7 Å². The van der Waals surface area contributed by atoms with Crippen molar-refractivity contribution in [1.29, 1.82) is 0 Å². The van der Waals surface area contributed by atoms with Gasteiger partial charge in [-0.05, 0) is 17.7 Å². The van der Waals surface area contributed by atoms with E-state index in [0.717, 1.165) is 12.1 Å². The molecule has 0 saturated carbocycles. The third-order valence-corrected chi connectivity index (χ3v) is 4.05. The van der Waals surface area contributed by atoms with Crippen LogP contribution in [0.1, 0.15) is 22.3 Å². The summed E-state index contributed by atoms with van der Waals surface area (Å²) < 4.78 is 52.9. The van der Waals surface area contributed by atoms with E-state index in [1.54, 1.807) is 0 Å². The van der Waals surface area contributed by atoms with Crippen molar-refractivity contribution in [3.05, 3.63) is 35.1 Å². The highest BCUT2D eigenvalue weighted by molar-refractivity contribution is 6.07. The molecule has 1 aromatic rings. The quantitative estimate of drug-likeness (QED) is 0.854. The number of ether oxygens (including phenoxy) is 1. The molecule has 1 saturated heterocycles. The number of fused-ring (bicyclic) bond motifs is 2. The standard InChI is InChI=1S/C14H12F4N2O3/c15-8-1-2-10-9(7-8)11(21)19-13(10)3-4-20(12(13)22)5-6-23-14(16,17)18/h1-2,7H,3-6H2,(H,19,21)/t13-/m0/s1. The highest BCUT2D eigenvalue weighted by Gasteiger charge is 2.54. The van der Waals surface area contributed by atoms with E-state index in [4.69, 9.17) is 0 Å². The minimum Gasteiger partial charge on any atom is -0.338 e. The number of hydrogen-bond donors (Lipinski definition) is 1. The Bertz CT molecular complexity index is 676. The van der Waals surface area contributed by atoms with Gasteiger partial charge in [0, 0.05) is 25.1 Å². The van der Waals surface area contributed by atoms with Crippen LogP contribution in [0.4, 0.5) is 17.6 Å². The van der Waals surface area contributed by atoms with Crippen molar-refractivity contribution in [3.63, 3.8) is 0 Å². The van der Waals surface area contributed by atoms with Crippen LogP contribution >= 0.6 is 0 Å². The van der Waals surface area contributed by atoms with E-state index in [-0.39, 0.29) is 25.1 Å². The maximum absolute atomic E-state index is 13.3. The molecular weight excluding hydrogens is 320 g/mol. The Kier molecular flexibility index (Phi) is 3.55. The molecule has 1 fully saturated rings. The summed E-state index contributed by atoms with van der Waals surface area (Å²) in [4.78, 5) is 25.7. The Morgan fingerprint density at radius 1 is 1.30 bits per heavy atom. The molecule has 2 amide bonds. The van der Waals surface area contributed by atoms with E-state index in [1.807, 2.05) is 0 Å². The highest BCUT2D eigenvalue weighted by Crippen LogP contribution is 2.39. The summed E-state index contributed by atoms with van der Waals surface area (Å²) in [5.74, 6) is -1.68. The van der Waals surface area contributed by atoms with Crippen LogP contribution in [0.5, 0.6) is 0 Å². The first-order valence-corrected chi connectivity index (χ1v) is 6.85. The smallest absolute Gasteiger partial charge is 0.338 e. The average Bonchev–Trinajstić information content (AvgIpc) is 2.90. The molecule has 23 heavy (non-hydrogen) atoms. The van der Waals surface area contributed by atoms with Gasteiger partial charge in [0.25, 0.3) is 11.8 Å². The first-order chi connectivity index (χ1) is 10.7. The van der Waals surface area contributed by atoms with Crippen molar-refractivity contribution in [2.45, 2.75) is 18.3 Å². The number of benzene rings is 1. The minimum atomic E-state index is -4.76. The van der Waals surface area contributed by atoms with Crippen LogP contribution in [0.2, 0.25) is 0 Å². The third-order valence-electron chi connectivity index (χ3n) is 4.05. The van der Waals surface area contributed by atoms with Gasteiger partial charge in [-0.1, -0.05) is 6.07 Å². The molecule has 5 nitrogen and oxygen atoms in total. The summed E-state index contributed by atoms with van der Waals surface area (Å²) in [5, 5.41) is 2.55. The van der Waals surface area contributed by atoms with Gasteiger partial charge in [-0.25, -0.2) is 4.39 Å². The summed E-state index contributed by atoms with van der Waals surface area (Å²) in [6.07, 6.45) is -4.55. The van der Waals surface area contributed by atoms with Crippen LogP contribution in [0.15, 0.2) is 18.2 Å². The fourth-order valence-electron chi connectivity index (χ4n) is 3.04. The lowest BCUT2D eigenvalue weighted by atomic mass is 9.89. The number of amides is 2. The molecule has 124 valence electrons. The average molecular weight is 332 g/mol. The molecule has 1 spiro atoms. The van der Waals surface area contributed by atoms with Crippen LogP contribution in [-0.2, 0) is 15.1 Å². The van der Waals surface area contributed by atoms with Gasteiger partial charge in [-0.2, -0.15) is 0 Å². The Morgan fingerprint density at radius 3 is 2.74 bits per heavy atom. The topological polar surface area (TPSA) is 58.6 Å². The van der Waals surface area contributed by atoms with E-state index in [0.29, 0.717) is 5.56 Å². The van der Waals surface area contributed by atoms with E-state index < -0.39 is 36.1 Å². The van der Waals surface area contributed by atoms with Gasteiger partial charge in [0.2, 0.25) is 0 Å². The zero-order chi connectivity index (χ0) is 16.8. The number of hydrogen-bond acceptors (Lipinski definition) is 3. The largest absolute Gasteiger partial charge is 0.522 e. The van der Waals surface area contributed by atoms with E-state index in [2.05, 4.69) is 10.1 Å². The molecule has 3 rings (SSSR count). The molecular formula is C14H12F4N2O3. The fraction of sp³-hybridized carbons (Fsp3) is 0.429. The van der Waals surface area contributed by atoms with E-state index in [1.165, 1.54) is 11.0 Å². The Morgan fingerprint density at radius 2 is 2.04 bits per heavy atom. The molecule has 0 aromatic heterocycles. The predicted octanol–water partition coefficient (Wildman–Crippen LogP) is 1.53. The number of likely N-dealkylation sites (tertiary alicyclic amines) is 1.